The SMILES string of the molecule is CC1(C)c2ccccc2-c2cc(-c3nc4ccccc4n4nc(-c5cccc(-n6c7ccc8ccccc8c7c7c8ccccc8ccc76)c5)nc34)ccc21. The second-order valence-corrected chi connectivity index (χ2v) is 15.3. The normalized spacial score (nSPS) is 13.4. The second-order valence-electron chi connectivity index (χ2n) is 15.3. The molecule has 0 atom stereocenters. The van der Waals surface area contributed by atoms with Gasteiger partial charge in [-0.25, -0.2) is 14.5 Å². The van der Waals surface area contributed by atoms with Gasteiger partial charge in [-0.2, -0.15) is 0 Å². The largest absolute Gasteiger partial charge is 0.309 e. The molecule has 258 valence electrons. The molecular weight excluding hydrogens is 671 g/mol. The Balaban J connectivity index is 1.07. The van der Waals surface area contributed by atoms with E-state index in [4.69, 9.17) is 15.1 Å². The molecule has 5 heteroatoms. The first-order valence-corrected chi connectivity index (χ1v) is 18.9. The summed E-state index contributed by atoms with van der Waals surface area (Å²) in [7, 11) is 0. The molecule has 0 saturated carbocycles. The fourth-order valence-corrected chi connectivity index (χ4v) is 9.34. The van der Waals surface area contributed by atoms with E-state index < -0.39 is 0 Å². The summed E-state index contributed by atoms with van der Waals surface area (Å²) in [4.78, 5) is 10.5. The molecule has 0 amide bonds. The fraction of sp³-hybridized carbons (Fsp3) is 0.0600. The van der Waals surface area contributed by atoms with Crippen LogP contribution in [0, 0.1) is 0 Å². The fourth-order valence-electron chi connectivity index (χ4n) is 9.34. The van der Waals surface area contributed by atoms with Gasteiger partial charge in [-0.1, -0.05) is 135 Å². The Labute approximate surface area is 316 Å². The van der Waals surface area contributed by atoms with Crippen LogP contribution in [0.1, 0.15) is 25.0 Å². The average molecular weight is 704 g/mol. The first-order valence-electron chi connectivity index (χ1n) is 18.9. The molecule has 5 nitrogen and oxygen atoms in total. The highest BCUT2D eigenvalue weighted by atomic mass is 15.3. The zero-order chi connectivity index (χ0) is 36.4. The molecular formula is C50H33N5. The summed E-state index contributed by atoms with van der Waals surface area (Å²) in [6.45, 7) is 4.62. The zero-order valence-corrected chi connectivity index (χ0v) is 30.3. The maximum Gasteiger partial charge on any atom is 0.182 e. The Morgan fingerprint density at radius 3 is 1.95 bits per heavy atom. The summed E-state index contributed by atoms with van der Waals surface area (Å²) in [6, 6.07) is 58.8. The van der Waals surface area contributed by atoms with Crippen molar-refractivity contribution in [3.8, 4) is 39.5 Å². The van der Waals surface area contributed by atoms with Crippen molar-refractivity contribution in [1.82, 2.24) is 24.1 Å². The maximum atomic E-state index is 5.28. The summed E-state index contributed by atoms with van der Waals surface area (Å²) in [5.41, 5.74) is 13.9. The first kappa shape index (κ1) is 30.4. The van der Waals surface area contributed by atoms with Crippen molar-refractivity contribution in [2.75, 3.05) is 0 Å². The lowest BCUT2D eigenvalue weighted by atomic mass is 9.82. The molecule has 0 fully saturated rings. The van der Waals surface area contributed by atoms with Gasteiger partial charge in [0.25, 0.3) is 0 Å². The molecule has 11 aromatic rings. The van der Waals surface area contributed by atoms with Crippen molar-refractivity contribution in [3.63, 3.8) is 0 Å². The van der Waals surface area contributed by atoms with E-state index in [2.05, 4.69) is 170 Å². The van der Waals surface area contributed by atoms with Crippen LogP contribution in [0.5, 0.6) is 0 Å². The Morgan fingerprint density at radius 1 is 0.491 bits per heavy atom. The first-order chi connectivity index (χ1) is 27.0. The van der Waals surface area contributed by atoms with Crippen molar-refractivity contribution in [2.24, 2.45) is 0 Å². The summed E-state index contributed by atoms with van der Waals surface area (Å²) in [5, 5.41) is 12.7. The van der Waals surface area contributed by atoms with E-state index in [0.717, 1.165) is 39.2 Å². The Kier molecular flexibility index (Phi) is 6.05. The molecule has 1 aliphatic rings. The smallest absolute Gasteiger partial charge is 0.182 e. The number of hydrogen-bond acceptors (Lipinski definition) is 3. The van der Waals surface area contributed by atoms with Crippen LogP contribution in [0.4, 0.5) is 0 Å². The van der Waals surface area contributed by atoms with Gasteiger partial charge < -0.3 is 4.57 Å². The molecule has 3 heterocycles. The predicted octanol–water partition coefficient (Wildman–Crippen LogP) is 12.3. The molecule has 0 spiro atoms. The van der Waals surface area contributed by atoms with Crippen LogP contribution in [-0.4, -0.2) is 24.1 Å². The molecule has 0 aliphatic heterocycles. The molecule has 0 unspecified atom stereocenters. The van der Waals surface area contributed by atoms with Crippen LogP contribution >= 0.6 is 0 Å². The van der Waals surface area contributed by atoms with E-state index in [9.17, 15) is 0 Å². The minimum absolute atomic E-state index is 0.0692. The second kappa shape index (κ2) is 11.0. The van der Waals surface area contributed by atoms with Gasteiger partial charge in [-0.3, -0.25) is 0 Å². The lowest BCUT2D eigenvalue weighted by molar-refractivity contribution is 0.660. The highest BCUT2D eigenvalue weighted by Crippen LogP contribution is 2.49. The van der Waals surface area contributed by atoms with Crippen molar-refractivity contribution >= 4 is 60.0 Å². The number of rotatable bonds is 3. The van der Waals surface area contributed by atoms with Crippen molar-refractivity contribution in [2.45, 2.75) is 19.3 Å². The van der Waals surface area contributed by atoms with Crippen LogP contribution in [0.25, 0.3) is 99.5 Å². The van der Waals surface area contributed by atoms with Crippen LogP contribution in [0.15, 0.2) is 164 Å². The third kappa shape index (κ3) is 4.21. The molecule has 12 rings (SSSR count). The molecule has 1 aliphatic carbocycles. The van der Waals surface area contributed by atoms with Gasteiger partial charge in [0.1, 0.15) is 5.69 Å². The molecule has 0 saturated heterocycles. The van der Waals surface area contributed by atoms with Crippen LogP contribution in [-0.2, 0) is 5.41 Å². The topological polar surface area (TPSA) is 48.0 Å². The summed E-state index contributed by atoms with van der Waals surface area (Å²) in [6.07, 6.45) is 0. The highest BCUT2D eigenvalue weighted by molar-refractivity contribution is 6.28. The number of hydrogen-bond donors (Lipinski definition) is 0. The van der Waals surface area contributed by atoms with Gasteiger partial charge in [0.05, 0.1) is 22.1 Å². The van der Waals surface area contributed by atoms with Gasteiger partial charge in [0, 0.05) is 33.0 Å². The number of aromatic nitrogens is 5. The lowest BCUT2D eigenvalue weighted by Crippen LogP contribution is -2.14. The van der Waals surface area contributed by atoms with Crippen molar-refractivity contribution < 1.29 is 0 Å². The molecule has 0 N–H and O–H groups in total. The van der Waals surface area contributed by atoms with Gasteiger partial charge >= 0.3 is 0 Å². The summed E-state index contributed by atoms with van der Waals surface area (Å²) in [5.74, 6) is 0.658. The summed E-state index contributed by atoms with van der Waals surface area (Å²) >= 11 is 0. The van der Waals surface area contributed by atoms with E-state index >= 15 is 0 Å². The van der Waals surface area contributed by atoms with E-state index in [1.807, 2.05) is 16.6 Å². The zero-order valence-electron chi connectivity index (χ0n) is 30.3. The number of fused-ring (bicyclic) bond motifs is 13. The van der Waals surface area contributed by atoms with Crippen LogP contribution in [0.2, 0.25) is 0 Å². The average Bonchev–Trinajstić information content (AvgIpc) is 3.90. The molecule has 0 radical (unpaired) electrons. The minimum Gasteiger partial charge on any atom is -0.309 e. The molecule has 0 bridgehead atoms. The minimum atomic E-state index is -0.0692. The third-order valence-corrected chi connectivity index (χ3v) is 11.9. The van der Waals surface area contributed by atoms with Gasteiger partial charge in [-0.15, -0.1) is 5.10 Å². The van der Waals surface area contributed by atoms with Crippen LogP contribution < -0.4 is 0 Å². The van der Waals surface area contributed by atoms with Crippen molar-refractivity contribution in [1.29, 1.82) is 0 Å². The lowest BCUT2D eigenvalue weighted by Gasteiger charge is -2.21. The Bertz CT molecular complexity index is 3330. The Morgan fingerprint density at radius 2 is 1.16 bits per heavy atom. The predicted molar refractivity (Wildman–Crippen MR) is 226 cm³/mol. The van der Waals surface area contributed by atoms with E-state index in [0.29, 0.717) is 5.82 Å². The monoisotopic (exact) mass is 703 g/mol. The quantitative estimate of drug-likeness (QED) is 0.184. The third-order valence-electron chi connectivity index (χ3n) is 11.9. The van der Waals surface area contributed by atoms with Crippen molar-refractivity contribution in [3.05, 3.63) is 175 Å². The standard InChI is InChI=1S/C50H33N5/c1-50(2)39-19-8-7-18-37(39)38-29-32(22-25-40(38)50)47-49-52-48(53-55(49)42-21-10-9-20-41(42)51-47)33-14-11-15-34(28-33)54-43-26-23-30-12-3-5-16-35(30)45(43)46-36-17-6-4-13-31(36)24-27-44(46)54/h3-29H,1-2H3. The Hall–Kier alpha value is -7.11. The van der Waals surface area contributed by atoms with Gasteiger partial charge in [-0.05, 0) is 86.3 Å². The van der Waals surface area contributed by atoms with E-state index in [-0.39, 0.29) is 5.41 Å². The van der Waals surface area contributed by atoms with E-state index in [1.165, 1.54) is 65.6 Å². The van der Waals surface area contributed by atoms with E-state index in [1.54, 1.807) is 0 Å². The van der Waals surface area contributed by atoms with Crippen LogP contribution in [0.3, 0.4) is 0 Å². The van der Waals surface area contributed by atoms with Gasteiger partial charge in [0.15, 0.2) is 11.5 Å². The molecule has 3 aromatic heterocycles. The van der Waals surface area contributed by atoms with Gasteiger partial charge in [0.2, 0.25) is 0 Å². The highest BCUT2D eigenvalue weighted by Gasteiger charge is 2.35. The number of para-hydroxylation sites is 2. The number of nitrogens with zero attached hydrogens (tertiary/aromatic N) is 5. The number of benzene rings is 8. The molecule has 55 heavy (non-hydrogen) atoms. The molecule has 8 aromatic carbocycles. The maximum absolute atomic E-state index is 5.28. The summed E-state index contributed by atoms with van der Waals surface area (Å²) < 4.78 is 4.37.